The zero-order valence-corrected chi connectivity index (χ0v) is 14.9. The van der Waals surface area contributed by atoms with E-state index in [0.29, 0.717) is 0 Å². The van der Waals surface area contributed by atoms with Crippen LogP contribution in [0.3, 0.4) is 0 Å². The second kappa shape index (κ2) is 6.62. The monoisotopic (exact) mass is 326 g/mol. The van der Waals surface area contributed by atoms with Crippen molar-refractivity contribution in [2.24, 2.45) is 0 Å². The maximum Gasteiger partial charge on any atom is 0.141 e. The fourth-order valence-electron chi connectivity index (χ4n) is 2.95. The topological polar surface area (TPSA) is 35.6 Å². The van der Waals surface area contributed by atoms with Gasteiger partial charge >= 0.3 is 0 Å². The second-order valence-corrected chi connectivity index (χ2v) is 6.39. The van der Waals surface area contributed by atoms with Crippen LogP contribution >= 0.6 is 11.8 Å². The minimum absolute atomic E-state index is 0.801. The molecule has 120 valence electrons. The van der Waals surface area contributed by atoms with E-state index >= 15 is 0 Å². The molecule has 2 aromatic heterocycles. The van der Waals surface area contributed by atoms with E-state index < -0.39 is 0 Å². The summed E-state index contributed by atoms with van der Waals surface area (Å²) >= 11 is 1.75. The first kappa shape index (κ1) is 15.9. The van der Waals surface area contributed by atoms with Gasteiger partial charge in [0.05, 0.1) is 12.2 Å². The number of nitrogens with zero attached hydrogens (tertiary/aromatic N) is 4. The zero-order valence-electron chi connectivity index (χ0n) is 14.1. The predicted molar refractivity (Wildman–Crippen MR) is 95.9 cm³/mol. The maximum atomic E-state index is 4.62. The highest BCUT2D eigenvalue weighted by atomic mass is 32.2. The first-order valence-corrected chi connectivity index (χ1v) is 9.05. The second-order valence-electron chi connectivity index (χ2n) is 5.54. The van der Waals surface area contributed by atoms with Gasteiger partial charge in [-0.25, -0.2) is 4.98 Å². The molecule has 3 aromatic rings. The van der Waals surface area contributed by atoms with Crippen molar-refractivity contribution in [3.8, 4) is 11.4 Å². The molecule has 5 heteroatoms. The molecule has 3 rings (SSSR count). The Bertz CT molecular complexity index is 816. The molecule has 0 saturated carbocycles. The Morgan fingerprint density at radius 3 is 2.65 bits per heavy atom. The first-order chi connectivity index (χ1) is 11.2. The van der Waals surface area contributed by atoms with Crippen molar-refractivity contribution in [3.05, 3.63) is 53.6 Å². The Labute approximate surface area is 141 Å². The average Bonchev–Trinajstić information content (AvgIpc) is 3.14. The van der Waals surface area contributed by atoms with E-state index in [0.717, 1.165) is 24.6 Å². The summed E-state index contributed by atoms with van der Waals surface area (Å²) < 4.78 is 4.28. The van der Waals surface area contributed by atoms with Gasteiger partial charge in [-0.05, 0) is 33.1 Å². The van der Waals surface area contributed by atoms with E-state index in [9.17, 15) is 0 Å². The van der Waals surface area contributed by atoms with Crippen LogP contribution < -0.4 is 0 Å². The molecule has 0 amide bonds. The highest BCUT2D eigenvalue weighted by molar-refractivity contribution is 7.98. The molecule has 23 heavy (non-hydrogen) atoms. The van der Waals surface area contributed by atoms with Crippen molar-refractivity contribution in [2.75, 3.05) is 6.26 Å². The van der Waals surface area contributed by atoms with Gasteiger partial charge < -0.3 is 4.57 Å². The van der Waals surface area contributed by atoms with Gasteiger partial charge in [-0.1, -0.05) is 18.2 Å². The number of rotatable bonds is 5. The van der Waals surface area contributed by atoms with Crippen LogP contribution in [0, 0.1) is 13.8 Å². The van der Waals surface area contributed by atoms with E-state index in [-0.39, 0.29) is 0 Å². The molecular weight excluding hydrogens is 304 g/mol. The third-order valence-corrected chi connectivity index (χ3v) is 5.02. The maximum absolute atomic E-state index is 4.62. The molecule has 0 aliphatic carbocycles. The molecule has 0 aliphatic heterocycles. The van der Waals surface area contributed by atoms with Crippen LogP contribution in [0.4, 0.5) is 0 Å². The molecule has 0 unspecified atom stereocenters. The predicted octanol–water partition coefficient (Wildman–Crippen LogP) is 4.15. The molecule has 0 N–H and O–H groups in total. The number of imidazole rings is 1. The summed E-state index contributed by atoms with van der Waals surface area (Å²) in [6.45, 7) is 8.06. The SMILES string of the molecule is CCn1nc(C)c(Cn2ccnc2-c2ccccc2SC)c1C. The van der Waals surface area contributed by atoms with Crippen LogP contribution in [0.5, 0.6) is 0 Å². The summed E-state index contributed by atoms with van der Waals surface area (Å²) in [6, 6.07) is 8.42. The number of hydrogen-bond donors (Lipinski definition) is 0. The van der Waals surface area contributed by atoms with Crippen molar-refractivity contribution in [2.45, 2.75) is 38.8 Å². The van der Waals surface area contributed by atoms with Crippen LogP contribution in [0.15, 0.2) is 41.6 Å². The van der Waals surface area contributed by atoms with Gasteiger partial charge in [-0.15, -0.1) is 11.8 Å². The minimum atomic E-state index is 0.801. The van der Waals surface area contributed by atoms with Gasteiger partial charge in [0.25, 0.3) is 0 Å². The van der Waals surface area contributed by atoms with Crippen LogP contribution in [0.25, 0.3) is 11.4 Å². The number of hydrogen-bond acceptors (Lipinski definition) is 3. The lowest BCUT2D eigenvalue weighted by Gasteiger charge is -2.11. The Morgan fingerprint density at radius 2 is 1.96 bits per heavy atom. The number of benzene rings is 1. The Morgan fingerprint density at radius 1 is 1.17 bits per heavy atom. The van der Waals surface area contributed by atoms with Gasteiger partial charge in [0.15, 0.2) is 0 Å². The van der Waals surface area contributed by atoms with Gasteiger partial charge in [0, 0.05) is 40.7 Å². The number of thioether (sulfide) groups is 1. The van der Waals surface area contributed by atoms with Gasteiger partial charge in [-0.3, -0.25) is 4.68 Å². The van der Waals surface area contributed by atoms with E-state index in [4.69, 9.17) is 0 Å². The standard InChI is InChI=1S/C18H22N4S/c1-5-22-14(3)16(13(2)20-22)12-21-11-10-19-18(21)15-8-6-7-9-17(15)23-4/h6-11H,5,12H2,1-4H3. The summed E-state index contributed by atoms with van der Waals surface area (Å²) in [5.41, 5.74) is 4.81. The molecule has 0 radical (unpaired) electrons. The number of aryl methyl sites for hydroxylation is 2. The molecular formula is C18H22N4S. The summed E-state index contributed by atoms with van der Waals surface area (Å²) in [7, 11) is 0. The van der Waals surface area contributed by atoms with Crippen LogP contribution in [0.1, 0.15) is 23.9 Å². The van der Waals surface area contributed by atoms with Crippen molar-refractivity contribution in [1.29, 1.82) is 0 Å². The van der Waals surface area contributed by atoms with Crippen molar-refractivity contribution in [3.63, 3.8) is 0 Å². The zero-order chi connectivity index (χ0) is 16.4. The fourth-order valence-corrected chi connectivity index (χ4v) is 3.55. The highest BCUT2D eigenvalue weighted by Gasteiger charge is 2.15. The Kier molecular flexibility index (Phi) is 4.57. The van der Waals surface area contributed by atoms with Crippen LogP contribution in [-0.2, 0) is 13.1 Å². The molecule has 0 fully saturated rings. The Balaban J connectivity index is 2.01. The van der Waals surface area contributed by atoms with E-state index in [1.165, 1.54) is 21.7 Å². The highest BCUT2D eigenvalue weighted by Crippen LogP contribution is 2.29. The molecule has 0 aliphatic rings. The normalized spacial score (nSPS) is 11.1. The average molecular weight is 326 g/mol. The molecule has 0 atom stereocenters. The lowest BCUT2D eigenvalue weighted by atomic mass is 10.1. The third kappa shape index (κ3) is 2.93. The summed E-state index contributed by atoms with van der Waals surface area (Å²) in [5, 5.41) is 4.62. The summed E-state index contributed by atoms with van der Waals surface area (Å²) in [5.74, 6) is 1.01. The van der Waals surface area contributed by atoms with Crippen molar-refractivity contribution >= 4 is 11.8 Å². The smallest absolute Gasteiger partial charge is 0.141 e. The molecule has 1 aromatic carbocycles. The van der Waals surface area contributed by atoms with E-state index in [2.05, 4.69) is 76.8 Å². The molecule has 2 heterocycles. The largest absolute Gasteiger partial charge is 0.326 e. The molecule has 0 spiro atoms. The fraction of sp³-hybridized carbons (Fsp3) is 0.333. The summed E-state index contributed by atoms with van der Waals surface area (Å²) in [6.07, 6.45) is 6.03. The molecule has 0 bridgehead atoms. The third-order valence-electron chi connectivity index (χ3n) is 4.22. The van der Waals surface area contributed by atoms with Crippen molar-refractivity contribution < 1.29 is 0 Å². The number of aromatic nitrogens is 4. The Hall–Kier alpha value is -2.01. The summed E-state index contributed by atoms with van der Waals surface area (Å²) in [4.78, 5) is 5.85. The van der Waals surface area contributed by atoms with Gasteiger partial charge in [-0.2, -0.15) is 5.10 Å². The quantitative estimate of drug-likeness (QED) is 0.661. The van der Waals surface area contributed by atoms with Gasteiger partial charge in [0.1, 0.15) is 5.82 Å². The van der Waals surface area contributed by atoms with Crippen molar-refractivity contribution in [1.82, 2.24) is 19.3 Å². The molecule has 0 saturated heterocycles. The first-order valence-electron chi connectivity index (χ1n) is 7.83. The van der Waals surface area contributed by atoms with Crippen LogP contribution in [0.2, 0.25) is 0 Å². The van der Waals surface area contributed by atoms with Gasteiger partial charge in [0.2, 0.25) is 0 Å². The van der Waals surface area contributed by atoms with Crippen LogP contribution in [-0.4, -0.2) is 25.6 Å². The minimum Gasteiger partial charge on any atom is -0.326 e. The lowest BCUT2D eigenvalue weighted by Crippen LogP contribution is -2.04. The molecule has 4 nitrogen and oxygen atoms in total. The van der Waals surface area contributed by atoms with E-state index in [1.807, 2.05) is 6.20 Å². The van der Waals surface area contributed by atoms with E-state index in [1.54, 1.807) is 11.8 Å². The lowest BCUT2D eigenvalue weighted by molar-refractivity contribution is 0.632.